The van der Waals surface area contributed by atoms with Gasteiger partial charge < -0.3 is 9.62 Å². The fourth-order valence-corrected chi connectivity index (χ4v) is 3.48. The molecule has 0 aliphatic rings. The number of nitrogens with zero attached hydrogens (tertiary/aromatic N) is 4. The van der Waals surface area contributed by atoms with Gasteiger partial charge in [-0.05, 0) is 51.5 Å². The van der Waals surface area contributed by atoms with Crippen molar-refractivity contribution in [2.75, 3.05) is 0 Å². The Labute approximate surface area is 139 Å². The number of hydrogen-bond donors (Lipinski definition) is 0. The largest absolute Gasteiger partial charge is 0.594 e. The predicted octanol–water partition coefficient (Wildman–Crippen LogP) is 3.50. The lowest BCUT2D eigenvalue weighted by Gasteiger charge is -2.04. The average molecular weight is 334 g/mol. The summed E-state index contributed by atoms with van der Waals surface area (Å²) in [4.78, 5) is 0.647. The molecular formula is C17H10N4O2S. The number of rotatable bonds is 2. The molecule has 0 radical (unpaired) electrons. The molecule has 116 valence electrons. The summed E-state index contributed by atoms with van der Waals surface area (Å²) >= 11 is 1.59. The van der Waals surface area contributed by atoms with Crippen LogP contribution in [0.2, 0.25) is 0 Å². The van der Waals surface area contributed by atoms with Gasteiger partial charge in [-0.1, -0.05) is 0 Å². The highest BCUT2D eigenvalue weighted by atomic mass is 32.1. The molecule has 0 atom stereocenters. The van der Waals surface area contributed by atoms with Gasteiger partial charge in [0.2, 0.25) is 5.65 Å². The van der Waals surface area contributed by atoms with Gasteiger partial charge in [0.05, 0.1) is 18.0 Å². The molecule has 0 amide bonds. The van der Waals surface area contributed by atoms with Gasteiger partial charge in [-0.3, -0.25) is 0 Å². The zero-order chi connectivity index (χ0) is 16.1. The van der Waals surface area contributed by atoms with Crippen molar-refractivity contribution in [2.45, 2.75) is 0 Å². The molecule has 0 saturated carbocycles. The number of benzene rings is 1. The van der Waals surface area contributed by atoms with Crippen LogP contribution in [0.5, 0.6) is 0 Å². The fraction of sp³-hybridized carbons (Fsp3) is 0. The average Bonchev–Trinajstić information content (AvgIpc) is 3.35. The van der Waals surface area contributed by atoms with E-state index in [0.29, 0.717) is 21.5 Å². The maximum absolute atomic E-state index is 12.4. The Morgan fingerprint density at radius 1 is 1.17 bits per heavy atom. The normalized spacial score (nSPS) is 11.5. The topological polar surface area (TPSA) is 70.3 Å². The summed E-state index contributed by atoms with van der Waals surface area (Å²) in [6.07, 6.45) is 3.36. The zero-order valence-electron chi connectivity index (χ0n) is 12.3. The van der Waals surface area contributed by atoms with E-state index in [0.717, 1.165) is 22.5 Å². The Bertz CT molecular complexity index is 1160. The molecule has 0 aliphatic carbocycles. The Kier molecular flexibility index (Phi) is 2.71. The molecule has 6 nitrogen and oxygen atoms in total. The van der Waals surface area contributed by atoms with Gasteiger partial charge in [-0.25, -0.2) is 4.52 Å². The Morgan fingerprint density at radius 2 is 2.12 bits per heavy atom. The maximum Gasteiger partial charge on any atom is 0.270 e. The number of aromatic nitrogens is 4. The third-order valence-corrected chi connectivity index (χ3v) is 4.66. The number of thiophene rings is 1. The monoisotopic (exact) mass is 334 g/mol. The number of fused-ring (bicyclic) bond motifs is 3. The van der Waals surface area contributed by atoms with E-state index in [-0.39, 0.29) is 0 Å². The molecule has 0 aliphatic heterocycles. The molecule has 24 heavy (non-hydrogen) atoms. The first-order chi connectivity index (χ1) is 11.8. The first-order valence-corrected chi connectivity index (χ1v) is 8.23. The Morgan fingerprint density at radius 3 is 2.92 bits per heavy atom. The molecule has 0 spiro atoms. The zero-order valence-corrected chi connectivity index (χ0v) is 13.1. The molecule has 0 saturated heterocycles. The lowest BCUT2D eigenvalue weighted by molar-refractivity contribution is -0.640. The Balaban J connectivity index is 1.84. The lowest BCUT2D eigenvalue weighted by Crippen LogP contribution is -2.33. The molecule has 0 bridgehead atoms. The molecule has 0 N–H and O–H groups in total. The number of hydrogen-bond acceptors (Lipinski definition) is 5. The van der Waals surface area contributed by atoms with E-state index in [1.165, 1.54) is 0 Å². The van der Waals surface area contributed by atoms with Gasteiger partial charge in [-0.2, -0.15) is 16.4 Å². The molecule has 0 fully saturated rings. The quantitative estimate of drug-likeness (QED) is 0.366. The molecule has 1 aromatic carbocycles. The van der Waals surface area contributed by atoms with Gasteiger partial charge in [0, 0.05) is 16.7 Å². The second-order valence-electron chi connectivity index (χ2n) is 5.36. The minimum atomic E-state index is 0.456. The van der Waals surface area contributed by atoms with Gasteiger partial charge in [0.25, 0.3) is 5.52 Å². The Hall–Kier alpha value is -3.19. The van der Waals surface area contributed by atoms with Crippen LogP contribution in [-0.4, -0.2) is 14.7 Å². The van der Waals surface area contributed by atoms with Crippen LogP contribution < -0.4 is 4.85 Å². The minimum Gasteiger partial charge on any atom is -0.594 e. The third kappa shape index (κ3) is 1.85. The van der Waals surface area contributed by atoms with Gasteiger partial charge in [-0.15, -0.1) is 0 Å². The van der Waals surface area contributed by atoms with E-state index >= 15 is 0 Å². The molecule has 5 rings (SSSR count). The van der Waals surface area contributed by atoms with Crippen molar-refractivity contribution in [3.05, 3.63) is 64.8 Å². The lowest BCUT2D eigenvalue weighted by atomic mass is 10.1. The summed E-state index contributed by atoms with van der Waals surface area (Å²) in [5, 5.41) is 24.9. The van der Waals surface area contributed by atoms with E-state index in [9.17, 15) is 5.21 Å². The van der Waals surface area contributed by atoms with Crippen molar-refractivity contribution < 1.29 is 9.26 Å². The maximum atomic E-state index is 12.4. The summed E-state index contributed by atoms with van der Waals surface area (Å²) in [5.74, 6) is 0.740. The fourth-order valence-electron chi connectivity index (χ4n) is 2.83. The molecule has 7 heteroatoms. The van der Waals surface area contributed by atoms with Crippen molar-refractivity contribution in [1.82, 2.24) is 14.7 Å². The van der Waals surface area contributed by atoms with Crippen LogP contribution in [0.4, 0.5) is 0 Å². The second kappa shape index (κ2) is 4.90. The highest BCUT2D eigenvalue weighted by molar-refractivity contribution is 7.08. The smallest absolute Gasteiger partial charge is 0.270 e. The predicted molar refractivity (Wildman–Crippen MR) is 90.5 cm³/mol. The van der Waals surface area contributed by atoms with E-state index < -0.39 is 0 Å². The van der Waals surface area contributed by atoms with Crippen molar-refractivity contribution in [3.8, 4) is 22.5 Å². The van der Waals surface area contributed by atoms with Crippen LogP contribution >= 0.6 is 11.3 Å². The first-order valence-electron chi connectivity index (χ1n) is 7.29. The van der Waals surface area contributed by atoms with Crippen LogP contribution in [0, 0.1) is 5.21 Å². The van der Waals surface area contributed by atoms with Crippen molar-refractivity contribution in [2.24, 2.45) is 0 Å². The third-order valence-electron chi connectivity index (χ3n) is 3.98. The summed E-state index contributed by atoms with van der Waals surface area (Å²) in [6, 6.07) is 11.2. The van der Waals surface area contributed by atoms with Crippen LogP contribution in [0.3, 0.4) is 0 Å². The van der Waals surface area contributed by atoms with Crippen molar-refractivity contribution in [3.63, 3.8) is 0 Å². The highest BCUT2D eigenvalue weighted by Crippen LogP contribution is 2.28. The van der Waals surface area contributed by atoms with Crippen LogP contribution in [0.15, 0.2) is 64.0 Å². The van der Waals surface area contributed by atoms with Crippen molar-refractivity contribution >= 4 is 28.0 Å². The number of furan rings is 1. The molecular weight excluding hydrogens is 324 g/mol. The van der Waals surface area contributed by atoms with Gasteiger partial charge in [0.15, 0.2) is 0 Å². The van der Waals surface area contributed by atoms with Gasteiger partial charge >= 0.3 is 0 Å². The standard InChI is InChI=1S/C17H10N4O2S/c22-21-14-4-3-11(16-2-1-6-23-16)8-15(14)20-17(19-21)13(9-18-20)12-5-7-24-10-12/h1-10H. The van der Waals surface area contributed by atoms with E-state index in [4.69, 9.17) is 4.42 Å². The summed E-state index contributed by atoms with van der Waals surface area (Å²) in [6.45, 7) is 0. The van der Waals surface area contributed by atoms with E-state index in [1.54, 1.807) is 34.4 Å². The summed E-state index contributed by atoms with van der Waals surface area (Å²) < 4.78 is 7.14. The van der Waals surface area contributed by atoms with Crippen LogP contribution in [0.1, 0.15) is 0 Å². The van der Waals surface area contributed by atoms with Gasteiger partial charge in [0.1, 0.15) is 11.3 Å². The van der Waals surface area contributed by atoms with Crippen molar-refractivity contribution in [1.29, 1.82) is 0 Å². The summed E-state index contributed by atoms with van der Waals surface area (Å²) in [5.41, 5.74) is 4.40. The van der Waals surface area contributed by atoms with E-state index in [2.05, 4.69) is 10.2 Å². The molecule has 4 aromatic heterocycles. The van der Waals surface area contributed by atoms with Crippen LogP contribution in [-0.2, 0) is 0 Å². The summed E-state index contributed by atoms with van der Waals surface area (Å²) in [7, 11) is 0. The first kappa shape index (κ1) is 13.3. The highest BCUT2D eigenvalue weighted by Gasteiger charge is 2.18. The second-order valence-corrected chi connectivity index (χ2v) is 6.14. The molecule has 0 unspecified atom stereocenters. The minimum absolute atomic E-state index is 0.456. The van der Waals surface area contributed by atoms with Crippen LogP contribution in [0.25, 0.3) is 39.1 Å². The molecule has 4 heterocycles. The SMILES string of the molecule is [O-][n+]1nc2c(-c3ccsc3)cnn2c2cc(-c3ccco3)ccc21. The molecule has 5 aromatic rings. The van der Waals surface area contributed by atoms with E-state index in [1.807, 2.05) is 41.1 Å².